The number of fused-ring (bicyclic) bond motifs is 1. The lowest BCUT2D eigenvalue weighted by atomic mass is 9.94. The van der Waals surface area contributed by atoms with Crippen molar-refractivity contribution in [2.24, 2.45) is 0 Å². The van der Waals surface area contributed by atoms with E-state index in [1.165, 1.54) is 11.3 Å². The molecule has 1 saturated heterocycles. The summed E-state index contributed by atoms with van der Waals surface area (Å²) in [6, 6.07) is 0.250. The van der Waals surface area contributed by atoms with Crippen LogP contribution < -0.4 is 5.32 Å². The molecule has 2 heterocycles. The predicted molar refractivity (Wildman–Crippen MR) is 81.1 cm³/mol. The fourth-order valence-corrected chi connectivity index (χ4v) is 3.27. The number of hydrogen-bond acceptors (Lipinski definition) is 4. The highest BCUT2D eigenvalue weighted by molar-refractivity contribution is 5.78. The molecule has 1 aliphatic heterocycles. The maximum absolute atomic E-state index is 12.2. The Balaban J connectivity index is 1.46. The third-order valence-corrected chi connectivity index (χ3v) is 4.56. The number of likely N-dealkylation sites (N-methyl/N-ethyl adjacent to an activating group) is 1. The first kappa shape index (κ1) is 14.5. The van der Waals surface area contributed by atoms with Gasteiger partial charge in [0, 0.05) is 31.2 Å². The second kappa shape index (κ2) is 6.58. The van der Waals surface area contributed by atoms with Crippen LogP contribution in [-0.2, 0) is 17.6 Å². The van der Waals surface area contributed by atoms with Gasteiger partial charge < -0.3 is 10.2 Å². The first-order valence-corrected chi connectivity index (χ1v) is 7.92. The molecule has 0 unspecified atom stereocenters. The van der Waals surface area contributed by atoms with E-state index in [4.69, 9.17) is 0 Å². The third kappa shape index (κ3) is 3.83. The van der Waals surface area contributed by atoms with Crippen LogP contribution in [0.5, 0.6) is 0 Å². The van der Waals surface area contributed by atoms with Gasteiger partial charge in [0.2, 0.25) is 5.91 Å². The van der Waals surface area contributed by atoms with Crippen LogP contribution in [-0.4, -0.2) is 71.7 Å². The number of nitrogens with one attached hydrogen (secondary N) is 2. The van der Waals surface area contributed by atoms with Gasteiger partial charge in [-0.2, -0.15) is 5.10 Å². The lowest BCUT2D eigenvalue weighted by molar-refractivity contribution is -0.123. The van der Waals surface area contributed by atoms with E-state index in [9.17, 15) is 4.79 Å². The number of carbonyl (C=O) groups excluding carboxylic acids is 1. The highest BCUT2D eigenvalue weighted by Gasteiger charge is 2.22. The maximum Gasteiger partial charge on any atom is 0.234 e. The van der Waals surface area contributed by atoms with Gasteiger partial charge in [0.05, 0.1) is 12.7 Å². The van der Waals surface area contributed by atoms with Crippen molar-refractivity contribution in [3.05, 3.63) is 17.5 Å². The van der Waals surface area contributed by atoms with Crippen molar-refractivity contribution in [3.8, 4) is 0 Å². The number of amides is 1. The van der Waals surface area contributed by atoms with Crippen LogP contribution in [0.1, 0.15) is 24.1 Å². The lowest BCUT2D eigenvalue weighted by Crippen LogP contribution is -2.45. The second-order valence-electron chi connectivity index (χ2n) is 6.31. The fraction of sp³-hybridized carbons (Fsp3) is 0.733. The largest absolute Gasteiger partial charge is 0.352 e. The Bertz CT molecular complexity index is 486. The minimum atomic E-state index is 0.160. The molecule has 21 heavy (non-hydrogen) atoms. The number of carbonyl (C=O) groups is 1. The second-order valence-corrected chi connectivity index (χ2v) is 6.31. The number of nitrogens with zero attached hydrogens (tertiary/aromatic N) is 3. The lowest BCUT2D eigenvalue weighted by Gasteiger charge is -2.25. The van der Waals surface area contributed by atoms with Crippen molar-refractivity contribution >= 4 is 5.91 Å². The molecule has 1 amide bonds. The first-order valence-electron chi connectivity index (χ1n) is 7.92. The van der Waals surface area contributed by atoms with Crippen molar-refractivity contribution in [1.29, 1.82) is 0 Å². The van der Waals surface area contributed by atoms with Crippen LogP contribution in [0.2, 0.25) is 0 Å². The van der Waals surface area contributed by atoms with E-state index in [0.29, 0.717) is 6.54 Å². The van der Waals surface area contributed by atoms with E-state index in [1.807, 2.05) is 6.20 Å². The minimum absolute atomic E-state index is 0.160. The van der Waals surface area contributed by atoms with Crippen LogP contribution >= 0.6 is 0 Å². The monoisotopic (exact) mass is 291 g/mol. The molecular formula is C15H25N5O. The molecule has 0 saturated carbocycles. The zero-order valence-corrected chi connectivity index (χ0v) is 12.8. The van der Waals surface area contributed by atoms with Gasteiger partial charge in [0.15, 0.2) is 0 Å². The average Bonchev–Trinajstić information content (AvgIpc) is 2.82. The molecule has 0 spiro atoms. The molecule has 2 N–H and O–H groups in total. The van der Waals surface area contributed by atoms with E-state index >= 15 is 0 Å². The fourth-order valence-electron chi connectivity index (χ4n) is 3.27. The summed E-state index contributed by atoms with van der Waals surface area (Å²) in [7, 11) is 2.15. The van der Waals surface area contributed by atoms with Crippen molar-refractivity contribution in [1.82, 2.24) is 25.3 Å². The number of aromatic nitrogens is 2. The number of aryl methyl sites for hydroxylation is 1. The molecule has 6 heteroatoms. The van der Waals surface area contributed by atoms with Crippen LogP contribution in [0.25, 0.3) is 0 Å². The molecule has 1 fully saturated rings. The molecule has 1 aliphatic carbocycles. The summed E-state index contributed by atoms with van der Waals surface area (Å²) < 4.78 is 0. The normalized spacial score (nSPS) is 24.3. The molecule has 0 radical (unpaired) electrons. The summed E-state index contributed by atoms with van der Waals surface area (Å²) in [5.41, 5.74) is 2.49. The molecule has 3 rings (SSSR count). The Labute approximate surface area is 125 Å². The SMILES string of the molecule is CN1CCCN(CC(=O)N[C@@H]2CCc3cn[nH]c3C2)CC1. The molecule has 116 valence electrons. The zero-order chi connectivity index (χ0) is 14.7. The number of hydrogen-bond donors (Lipinski definition) is 2. The number of aromatic amines is 1. The zero-order valence-electron chi connectivity index (χ0n) is 12.8. The van der Waals surface area contributed by atoms with Crippen molar-refractivity contribution < 1.29 is 4.79 Å². The Hall–Kier alpha value is -1.40. The predicted octanol–water partition coefficient (Wildman–Crippen LogP) is 0.0207. The summed E-state index contributed by atoms with van der Waals surface area (Å²) >= 11 is 0. The maximum atomic E-state index is 12.2. The number of H-pyrrole nitrogens is 1. The summed E-state index contributed by atoms with van der Waals surface area (Å²) in [5.74, 6) is 0.160. The first-order chi connectivity index (χ1) is 10.2. The standard InChI is InChI=1S/C15H25N5O/c1-19-5-2-6-20(8-7-19)11-15(21)17-13-4-3-12-10-16-18-14(12)9-13/h10,13H,2-9,11H2,1H3,(H,16,18)(H,17,21)/t13-/m1/s1. The Morgan fingerprint density at radius 3 is 3.24 bits per heavy atom. The van der Waals surface area contributed by atoms with Crippen LogP contribution in [0.15, 0.2) is 6.20 Å². The molecule has 6 nitrogen and oxygen atoms in total. The van der Waals surface area contributed by atoms with Crippen LogP contribution in [0.3, 0.4) is 0 Å². The van der Waals surface area contributed by atoms with Gasteiger partial charge in [-0.1, -0.05) is 0 Å². The molecule has 1 aromatic heterocycles. The van der Waals surface area contributed by atoms with Crippen molar-refractivity contribution in [3.63, 3.8) is 0 Å². The van der Waals surface area contributed by atoms with Gasteiger partial charge in [0.1, 0.15) is 0 Å². The van der Waals surface area contributed by atoms with Crippen molar-refractivity contribution in [2.45, 2.75) is 31.7 Å². The molecular weight excluding hydrogens is 266 g/mol. The molecule has 0 aromatic carbocycles. The van der Waals surface area contributed by atoms with E-state index in [1.54, 1.807) is 0 Å². The van der Waals surface area contributed by atoms with E-state index in [2.05, 4.69) is 32.4 Å². The highest BCUT2D eigenvalue weighted by atomic mass is 16.2. The van der Waals surface area contributed by atoms with E-state index in [0.717, 1.165) is 51.9 Å². The summed E-state index contributed by atoms with van der Waals surface area (Å²) in [6.45, 7) is 4.71. The topological polar surface area (TPSA) is 64.3 Å². The highest BCUT2D eigenvalue weighted by Crippen LogP contribution is 2.18. The van der Waals surface area contributed by atoms with Gasteiger partial charge in [-0.25, -0.2) is 0 Å². The minimum Gasteiger partial charge on any atom is -0.352 e. The van der Waals surface area contributed by atoms with Gasteiger partial charge in [-0.15, -0.1) is 0 Å². The summed E-state index contributed by atoms with van der Waals surface area (Å²) in [5, 5.41) is 10.3. The van der Waals surface area contributed by atoms with E-state index in [-0.39, 0.29) is 11.9 Å². The molecule has 1 aromatic rings. The van der Waals surface area contributed by atoms with Gasteiger partial charge >= 0.3 is 0 Å². The molecule has 0 bridgehead atoms. The third-order valence-electron chi connectivity index (χ3n) is 4.56. The smallest absolute Gasteiger partial charge is 0.234 e. The Morgan fingerprint density at radius 1 is 1.43 bits per heavy atom. The van der Waals surface area contributed by atoms with Gasteiger partial charge in [-0.3, -0.25) is 14.8 Å². The van der Waals surface area contributed by atoms with Gasteiger partial charge in [0.25, 0.3) is 0 Å². The Kier molecular flexibility index (Phi) is 4.55. The quantitative estimate of drug-likeness (QED) is 0.824. The summed E-state index contributed by atoms with van der Waals surface area (Å²) in [4.78, 5) is 16.8. The molecule has 1 atom stereocenters. The van der Waals surface area contributed by atoms with E-state index < -0.39 is 0 Å². The van der Waals surface area contributed by atoms with Crippen molar-refractivity contribution in [2.75, 3.05) is 39.8 Å². The number of rotatable bonds is 3. The average molecular weight is 291 g/mol. The summed E-state index contributed by atoms with van der Waals surface area (Å²) in [6.07, 6.45) is 5.95. The van der Waals surface area contributed by atoms with Crippen LogP contribution in [0, 0.1) is 0 Å². The Morgan fingerprint density at radius 2 is 2.33 bits per heavy atom. The van der Waals surface area contributed by atoms with Crippen LogP contribution in [0.4, 0.5) is 0 Å². The molecule has 2 aliphatic rings. The van der Waals surface area contributed by atoms with Gasteiger partial charge in [-0.05, 0) is 45.0 Å².